The van der Waals surface area contributed by atoms with Gasteiger partial charge in [-0.25, -0.2) is 9.37 Å². The lowest BCUT2D eigenvalue weighted by Crippen LogP contribution is -2.26. The van der Waals surface area contributed by atoms with E-state index in [0.717, 1.165) is 5.56 Å². The third kappa shape index (κ3) is 3.21. The number of carbonyl (C=O) groups excluding carboxylic acids is 1. The molecule has 0 amide bonds. The van der Waals surface area contributed by atoms with Crippen LogP contribution in [0.5, 0.6) is 0 Å². The standard InChI is InChI=1S/C17H15FN2O3S/c1-10(2)23-14(21)7-20-9-19-16-15(17(20)22)13(8-24-16)11-3-5-12(18)6-4-11/h3-6,8-10H,7H2,1-2H3. The van der Waals surface area contributed by atoms with Gasteiger partial charge in [-0.2, -0.15) is 0 Å². The zero-order valence-electron chi connectivity index (χ0n) is 13.2. The number of thiophene rings is 1. The second-order valence-electron chi connectivity index (χ2n) is 5.55. The molecule has 0 spiro atoms. The number of nitrogens with zero attached hydrogens (tertiary/aromatic N) is 2. The van der Waals surface area contributed by atoms with E-state index >= 15 is 0 Å². The van der Waals surface area contributed by atoms with Crippen LogP contribution in [-0.2, 0) is 16.1 Å². The predicted molar refractivity (Wildman–Crippen MR) is 90.5 cm³/mol. The first-order valence-electron chi connectivity index (χ1n) is 7.38. The Morgan fingerprint density at radius 1 is 1.33 bits per heavy atom. The molecule has 124 valence electrons. The van der Waals surface area contributed by atoms with Crippen molar-refractivity contribution in [1.29, 1.82) is 0 Å². The third-order valence-electron chi connectivity index (χ3n) is 3.38. The Bertz CT molecular complexity index is 945. The number of hydrogen-bond acceptors (Lipinski definition) is 5. The van der Waals surface area contributed by atoms with Gasteiger partial charge in [-0.3, -0.25) is 14.2 Å². The van der Waals surface area contributed by atoms with Gasteiger partial charge in [-0.1, -0.05) is 12.1 Å². The van der Waals surface area contributed by atoms with Crippen molar-refractivity contribution in [3.8, 4) is 11.1 Å². The molecule has 7 heteroatoms. The number of benzene rings is 1. The predicted octanol–water partition coefficient (Wildman–Crippen LogP) is 3.22. The molecular formula is C17H15FN2O3S. The molecule has 0 unspecified atom stereocenters. The molecule has 0 fully saturated rings. The molecule has 2 aromatic heterocycles. The molecule has 0 N–H and O–H groups in total. The Kier molecular flexibility index (Phi) is 4.44. The highest BCUT2D eigenvalue weighted by Crippen LogP contribution is 2.30. The molecule has 5 nitrogen and oxygen atoms in total. The topological polar surface area (TPSA) is 61.2 Å². The number of esters is 1. The molecule has 0 aliphatic rings. The summed E-state index contributed by atoms with van der Waals surface area (Å²) in [5, 5.41) is 2.23. The van der Waals surface area contributed by atoms with Gasteiger partial charge in [0.2, 0.25) is 0 Å². The highest BCUT2D eigenvalue weighted by atomic mass is 32.1. The van der Waals surface area contributed by atoms with Crippen LogP contribution >= 0.6 is 11.3 Å². The zero-order chi connectivity index (χ0) is 17.3. The van der Waals surface area contributed by atoms with Crippen molar-refractivity contribution in [2.45, 2.75) is 26.5 Å². The second-order valence-corrected chi connectivity index (χ2v) is 6.41. The molecule has 3 rings (SSSR count). The first-order chi connectivity index (χ1) is 11.5. The highest BCUT2D eigenvalue weighted by Gasteiger charge is 2.15. The summed E-state index contributed by atoms with van der Waals surface area (Å²) in [6.45, 7) is 3.29. The fourth-order valence-corrected chi connectivity index (χ4v) is 3.27. The largest absolute Gasteiger partial charge is 0.462 e. The third-order valence-corrected chi connectivity index (χ3v) is 4.27. The highest BCUT2D eigenvalue weighted by molar-refractivity contribution is 7.17. The lowest BCUT2D eigenvalue weighted by atomic mass is 10.1. The molecule has 0 bridgehead atoms. The fourth-order valence-electron chi connectivity index (χ4n) is 2.36. The molecule has 24 heavy (non-hydrogen) atoms. The Labute approximate surface area is 141 Å². The molecule has 0 aliphatic heterocycles. The molecule has 0 radical (unpaired) electrons. The summed E-state index contributed by atoms with van der Waals surface area (Å²) < 4.78 is 19.4. The van der Waals surface area contributed by atoms with Gasteiger partial charge in [0, 0.05) is 10.9 Å². The van der Waals surface area contributed by atoms with E-state index in [9.17, 15) is 14.0 Å². The minimum Gasteiger partial charge on any atom is -0.462 e. The first kappa shape index (κ1) is 16.3. The minimum absolute atomic E-state index is 0.196. The maximum absolute atomic E-state index is 13.1. The van der Waals surface area contributed by atoms with Crippen molar-refractivity contribution in [3.63, 3.8) is 0 Å². The lowest BCUT2D eigenvalue weighted by Gasteiger charge is -2.09. The van der Waals surface area contributed by atoms with Crippen molar-refractivity contribution in [2.24, 2.45) is 0 Å². The van der Waals surface area contributed by atoms with Crippen molar-refractivity contribution in [2.75, 3.05) is 0 Å². The van der Waals surface area contributed by atoms with Crippen LogP contribution in [0.1, 0.15) is 13.8 Å². The van der Waals surface area contributed by atoms with Crippen molar-refractivity contribution >= 4 is 27.5 Å². The van der Waals surface area contributed by atoms with Crippen molar-refractivity contribution in [3.05, 3.63) is 52.1 Å². The van der Waals surface area contributed by atoms with Gasteiger partial charge in [-0.15, -0.1) is 11.3 Å². The number of hydrogen-bond donors (Lipinski definition) is 0. The minimum atomic E-state index is -0.494. The van der Waals surface area contributed by atoms with E-state index in [-0.39, 0.29) is 24.0 Å². The molecule has 1 aromatic carbocycles. The molecule has 0 atom stereocenters. The van der Waals surface area contributed by atoms with Gasteiger partial charge in [0.05, 0.1) is 17.8 Å². The van der Waals surface area contributed by atoms with Crippen LogP contribution in [0.25, 0.3) is 21.3 Å². The average molecular weight is 346 g/mol. The van der Waals surface area contributed by atoms with E-state index in [1.54, 1.807) is 26.0 Å². The van der Waals surface area contributed by atoms with Crippen LogP contribution in [0.15, 0.2) is 40.8 Å². The Balaban J connectivity index is 2.04. The summed E-state index contributed by atoms with van der Waals surface area (Å²) in [5.41, 5.74) is 1.09. The molecule has 0 aliphatic carbocycles. The zero-order valence-corrected chi connectivity index (χ0v) is 14.0. The number of halogens is 1. The van der Waals surface area contributed by atoms with E-state index in [4.69, 9.17) is 4.74 Å². The summed E-state index contributed by atoms with van der Waals surface area (Å²) in [5.74, 6) is -0.836. The van der Waals surface area contributed by atoms with Crippen LogP contribution < -0.4 is 5.56 Å². The van der Waals surface area contributed by atoms with Crippen molar-refractivity contribution < 1.29 is 13.9 Å². The van der Waals surface area contributed by atoms with Gasteiger partial charge in [0.15, 0.2) is 0 Å². The number of carbonyl (C=O) groups is 1. The molecule has 0 saturated heterocycles. The summed E-state index contributed by atoms with van der Waals surface area (Å²) in [4.78, 5) is 29.3. The summed E-state index contributed by atoms with van der Waals surface area (Å²) in [7, 11) is 0. The first-order valence-corrected chi connectivity index (χ1v) is 8.25. The number of ether oxygens (including phenoxy) is 1. The second kappa shape index (κ2) is 6.52. The Morgan fingerprint density at radius 2 is 2.04 bits per heavy atom. The van der Waals surface area contributed by atoms with Crippen LogP contribution in [0.4, 0.5) is 4.39 Å². The lowest BCUT2D eigenvalue weighted by molar-refractivity contribution is -0.148. The fraction of sp³-hybridized carbons (Fsp3) is 0.235. The van der Waals surface area contributed by atoms with E-state index in [0.29, 0.717) is 15.8 Å². The Hall–Kier alpha value is -2.54. The number of fused-ring (bicyclic) bond motifs is 1. The number of aromatic nitrogens is 2. The van der Waals surface area contributed by atoms with Crippen LogP contribution in [-0.4, -0.2) is 21.6 Å². The van der Waals surface area contributed by atoms with Gasteiger partial charge >= 0.3 is 5.97 Å². The van der Waals surface area contributed by atoms with Crippen LogP contribution in [0, 0.1) is 5.82 Å². The van der Waals surface area contributed by atoms with Crippen LogP contribution in [0.2, 0.25) is 0 Å². The van der Waals surface area contributed by atoms with Gasteiger partial charge in [0.25, 0.3) is 5.56 Å². The van der Waals surface area contributed by atoms with Gasteiger partial charge in [-0.05, 0) is 31.5 Å². The quantitative estimate of drug-likeness (QED) is 0.681. The maximum Gasteiger partial charge on any atom is 0.326 e. The van der Waals surface area contributed by atoms with Gasteiger partial charge in [0.1, 0.15) is 17.2 Å². The van der Waals surface area contributed by atoms with Crippen LogP contribution in [0.3, 0.4) is 0 Å². The summed E-state index contributed by atoms with van der Waals surface area (Å²) in [6, 6.07) is 5.91. The maximum atomic E-state index is 13.1. The number of rotatable bonds is 4. The smallest absolute Gasteiger partial charge is 0.326 e. The Morgan fingerprint density at radius 3 is 2.71 bits per heavy atom. The van der Waals surface area contributed by atoms with E-state index in [2.05, 4.69) is 4.98 Å². The normalized spacial score (nSPS) is 11.2. The average Bonchev–Trinajstić information content (AvgIpc) is 2.95. The monoisotopic (exact) mass is 346 g/mol. The summed E-state index contributed by atoms with van der Waals surface area (Å²) in [6.07, 6.45) is 1.10. The van der Waals surface area contributed by atoms with E-state index < -0.39 is 5.97 Å². The molecule has 2 heterocycles. The van der Waals surface area contributed by atoms with E-state index in [1.807, 2.05) is 5.38 Å². The van der Waals surface area contributed by atoms with Gasteiger partial charge < -0.3 is 4.74 Å². The summed E-state index contributed by atoms with van der Waals surface area (Å²) >= 11 is 1.33. The molecular weight excluding hydrogens is 331 g/mol. The molecule has 3 aromatic rings. The molecule has 0 saturated carbocycles. The SMILES string of the molecule is CC(C)OC(=O)Cn1cnc2scc(-c3ccc(F)cc3)c2c1=O. The van der Waals surface area contributed by atoms with Crippen molar-refractivity contribution in [1.82, 2.24) is 9.55 Å². The van der Waals surface area contributed by atoms with E-state index in [1.165, 1.54) is 34.4 Å².